The number of unbranched alkanes of at least 4 members (excludes halogenated alkanes) is 1. The van der Waals surface area contributed by atoms with Crippen LogP contribution in [0.5, 0.6) is 5.75 Å². The highest BCUT2D eigenvalue weighted by atomic mass is 32.1. The van der Waals surface area contributed by atoms with Crippen LogP contribution in [0.25, 0.3) is 10.2 Å². The molecule has 2 aromatic heterocycles. The van der Waals surface area contributed by atoms with E-state index in [1.807, 2.05) is 43.3 Å². The van der Waals surface area contributed by atoms with Gasteiger partial charge < -0.3 is 15.8 Å². The van der Waals surface area contributed by atoms with Crippen LogP contribution in [0.4, 0.5) is 11.4 Å². The van der Waals surface area contributed by atoms with Crippen molar-refractivity contribution in [3.05, 3.63) is 47.0 Å². The van der Waals surface area contributed by atoms with Crippen molar-refractivity contribution < 1.29 is 9.53 Å². The van der Waals surface area contributed by atoms with Gasteiger partial charge in [-0.2, -0.15) is 0 Å². The zero-order valence-corrected chi connectivity index (χ0v) is 15.9. The van der Waals surface area contributed by atoms with Gasteiger partial charge in [-0.25, -0.2) is 4.98 Å². The summed E-state index contributed by atoms with van der Waals surface area (Å²) in [6.07, 6.45) is 3.17. The normalized spacial score (nSPS) is 10.8. The quantitative estimate of drug-likeness (QED) is 0.623. The summed E-state index contributed by atoms with van der Waals surface area (Å²) in [5, 5.41) is 3.73. The smallest absolute Gasteiger partial charge is 0.267 e. The van der Waals surface area contributed by atoms with Gasteiger partial charge in [0, 0.05) is 16.8 Å². The Morgan fingerprint density at radius 2 is 1.96 bits per heavy atom. The molecule has 0 bridgehead atoms. The molecule has 2 heterocycles. The number of hydrogen-bond acceptors (Lipinski definition) is 5. The van der Waals surface area contributed by atoms with E-state index in [0.717, 1.165) is 40.9 Å². The molecule has 3 rings (SSSR count). The summed E-state index contributed by atoms with van der Waals surface area (Å²) in [7, 11) is 0. The first-order valence-electron chi connectivity index (χ1n) is 8.84. The summed E-state index contributed by atoms with van der Waals surface area (Å²) in [4.78, 5) is 18.6. The summed E-state index contributed by atoms with van der Waals surface area (Å²) in [5.74, 6) is 0.556. The molecule has 3 N–H and O–H groups in total. The lowest BCUT2D eigenvalue weighted by atomic mass is 10.1. The molecule has 0 aliphatic carbocycles. The van der Waals surface area contributed by atoms with Crippen LogP contribution in [-0.4, -0.2) is 17.5 Å². The van der Waals surface area contributed by atoms with Crippen LogP contribution in [0.2, 0.25) is 0 Å². The number of nitrogens with zero attached hydrogens (tertiary/aromatic N) is 1. The highest BCUT2D eigenvalue weighted by Crippen LogP contribution is 2.33. The predicted molar refractivity (Wildman–Crippen MR) is 108 cm³/mol. The molecule has 1 aromatic carbocycles. The van der Waals surface area contributed by atoms with E-state index in [2.05, 4.69) is 17.2 Å². The average Bonchev–Trinajstić information content (AvgIpc) is 2.98. The summed E-state index contributed by atoms with van der Waals surface area (Å²) >= 11 is 1.34. The number of pyridine rings is 1. The number of rotatable bonds is 7. The number of nitrogen functional groups attached to an aromatic ring is 1. The molecule has 0 aliphatic heterocycles. The molecule has 26 heavy (non-hydrogen) atoms. The second-order valence-electron chi connectivity index (χ2n) is 6.02. The largest absolute Gasteiger partial charge is 0.494 e. The van der Waals surface area contributed by atoms with Gasteiger partial charge in [0.15, 0.2) is 0 Å². The third-order valence-corrected chi connectivity index (χ3v) is 5.18. The molecule has 0 fully saturated rings. The molecule has 5 nitrogen and oxygen atoms in total. The molecule has 6 heteroatoms. The molecule has 0 atom stereocenters. The monoisotopic (exact) mass is 369 g/mol. The Kier molecular flexibility index (Phi) is 5.73. The standard InChI is InChI=1S/C20H23N3O2S/c1-3-5-6-13-9-12-16-17(21)18(26-20(16)23-13)19(24)22-14-7-10-15(11-8-14)25-4-2/h7-12H,3-6,21H2,1-2H3,(H,22,24). The van der Waals surface area contributed by atoms with Crippen LogP contribution >= 0.6 is 11.3 Å². The van der Waals surface area contributed by atoms with Crippen molar-refractivity contribution in [3.63, 3.8) is 0 Å². The molecule has 0 aliphatic rings. The number of hydrogen-bond donors (Lipinski definition) is 2. The summed E-state index contributed by atoms with van der Waals surface area (Å²) in [6.45, 7) is 4.70. The first-order valence-corrected chi connectivity index (χ1v) is 9.66. The molecule has 0 radical (unpaired) electrons. The maximum Gasteiger partial charge on any atom is 0.267 e. The number of carbonyl (C=O) groups excluding carboxylic acids is 1. The zero-order chi connectivity index (χ0) is 18.5. The van der Waals surface area contributed by atoms with Gasteiger partial charge in [-0.05, 0) is 56.2 Å². The minimum Gasteiger partial charge on any atom is -0.494 e. The molecule has 136 valence electrons. The van der Waals surface area contributed by atoms with Crippen molar-refractivity contribution in [1.82, 2.24) is 4.98 Å². The van der Waals surface area contributed by atoms with Crippen LogP contribution in [0.1, 0.15) is 42.1 Å². The van der Waals surface area contributed by atoms with Gasteiger partial charge in [-0.3, -0.25) is 4.79 Å². The van der Waals surface area contributed by atoms with E-state index in [-0.39, 0.29) is 5.91 Å². The average molecular weight is 369 g/mol. The highest BCUT2D eigenvalue weighted by Gasteiger charge is 2.17. The fourth-order valence-corrected chi connectivity index (χ4v) is 3.70. The first-order chi connectivity index (χ1) is 12.6. The van der Waals surface area contributed by atoms with E-state index in [1.54, 1.807) is 0 Å². The second-order valence-corrected chi connectivity index (χ2v) is 7.01. The van der Waals surface area contributed by atoms with Crippen LogP contribution in [0.15, 0.2) is 36.4 Å². The maximum atomic E-state index is 12.6. The van der Waals surface area contributed by atoms with Gasteiger partial charge >= 0.3 is 0 Å². The first kappa shape index (κ1) is 18.2. The number of nitrogens with two attached hydrogens (primary N) is 1. The van der Waals surface area contributed by atoms with Gasteiger partial charge in [0.05, 0.1) is 12.3 Å². The van der Waals surface area contributed by atoms with Gasteiger partial charge in [0.25, 0.3) is 5.91 Å². The number of carbonyl (C=O) groups is 1. The lowest BCUT2D eigenvalue weighted by Crippen LogP contribution is -2.11. The number of benzene rings is 1. The molecular formula is C20H23N3O2S. The van der Waals surface area contributed by atoms with Crippen LogP contribution in [0, 0.1) is 0 Å². The van der Waals surface area contributed by atoms with Crippen molar-refractivity contribution in [2.24, 2.45) is 0 Å². The Morgan fingerprint density at radius 3 is 2.65 bits per heavy atom. The SMILES string of the molecule is CCCCc1ccc2c(N)c(C(=O)Nc3ccc(OCC)cc3)sc2n1. The molecule has 0 saturated carbocycles. The number of amides is 1. The third kappa shape index (κ3) is 3.96. The van der Waals surface area contributed by atoms with E-state index >= 15 is 0 Å². The van der Waals surface area contributed by atoms with Crippen LogP contribution in [0.3, 0.4) is 0 Å². The van der Waals surface area contributed by atoms with Gasteiger partial charge in [-0.15, -0.1) is 11.3 Å². The number of nitrogens with one attached hydrogen (secondary N) is 1. The van der Waals surface area contributed by atoms with Crippen molar-refractivity contribution in [3.8, 4) is 5.75 Å². The van der Waals surface area contributed by atoms with E-state index in [1.165, 1.54) is 11.3 Å². The van der Waals surface area contributed by atoms with Crippen LogP contribution < -0.4 is 15.8 Å². The van der Waals surface area contributed by atoms with E-state index in [4.69, 9.17) is 10.5 Å². The molecule has 0 saturated heterocycles. The molecule has 0 spiro atoms. The number of aryl methyl sites for hydroxylation is 1. The Morgan fingerprint density at radius 1 is 1.19 bits per heavy atom. The molecule has 3 aromatic rings. The van der Waals surface area contributed by atoms with Crippen molar-refractivity contribution in [2.75, 3.05) is 17.7 Å². The lowest BCUT2D eigenvalue weighted by Gasteiger charge is -2.06. The minimum absolute atomic E-state index is 0.218. The van der Waals surface area contributed by atoms with Crippen LogP contribution in [-0.2, 0) is 6.42 Å². The third-order valence-electron chi connectivity index (χ3n) is 4.07. The van der Waals surface area contributed by atoms with E-state index < -0.39 is 0 Å². The fourth-order valence-electron chi connectivity index (χ4n) is 2.69. The fraction of sp³-hybridized carbons (Fsp3) is 0.300. The number of ether oxygens (including phenoxy) is 1. The Bertz CT molecular complexity index is 903. The summed E-state index contributed by atoms with van der Waals surface area (Å²) < 4.78 is 5.41. The number of aromatic nitrogens is 1. The van der Waals surface area contributed by atoms with Crippen molar-refractivity contribution >= 4 is 38.8 Å². The minimum atomic E-state index is -0.218. The highest BCUT2D eigenvalue weighted by molar-refractivity contribution is 7.21. The lowest BCUT2D eigenvalue weighted by molar-refractivity contribution is 0.103. The number of thiophene rings is 1. The van der Waals surface area contributed by atoms with Crippen molar-refractivity contribution in [2.45, 2.75) is 33.1 Å². The number of fused-ring (bicyclic) bond motifs is 1. The summed E-state index contributed by atoms with van der Waals surface area (Å²) in [6, 6.07) is 11.2. The van der Waals surface area contributed by atoms with E-state index in [0.29, 0.717) is 22.9 Å². The van der Waals surface area contributed by atoms with Gasteiger partial charge in [-0.1, -0.05) is 13.3 Å². The maximum absolute atomic E-state index is 12.6. The zero-order valence-electron chi connectivity index (χ0n) is 15.0. The van der Waals surface area contributed by atoms with Gasteiger partial charge in [0.1, 0.15) is 15.5 Å². The van der Waals surface area contributed by atoms with Crippen molar-refractivity contribution in [1.29, 1.82) is 0 Å². The molecule has 1 amide bonds. The van der Waals surface area contributed by atoms with E-state index in [9.17, 15) is 4.79 Å². The predicted octanol–water partition coefficient (Wildman–Crippen LogP) is 4.87. The summed E-state index contributed by atoms with van der Waals surface area (Å²) in [5.41, 5.74) is 8.43. The Hall–Kier alpha value is -2.60. The molecule has 0 unspecified atom stereocenters. The number of anilines is 2. The Balaban J connectivity index is 1.80. The molecular weight excluding hydrogens is 346 g/mol. The second kappa shape index (κ2) is 8.19. The Labute approximate surface area is 157 Å². The topological polar surface area (TPSA) is 77.2 Å². The van der Waals surface area contributed by atoms with Gasteiger partial charge in [0.2, 0.25) is 0 Å².